The van der Waals surface area contributed by atoms with Gasteiger partial charge in [-0.15, -0.1) is 0 Å². The molecule has 0 bridgehead atoms. The number of ether oxygens (including phenoxy) is 1. The van der Waals surface area contributed by atoms with Crippen LogP contribution in [0.3, 0.4) is 0 Å². The molecule has 3 unspecified atom stereocenters. The Hall–Kier alpha value is -2.55. The Labute approximate surface area is 495 Å². The molecule has 0 rings (SSSR count). The van der Waals surface area contributed by atoms with E-state index >= 15 is 0 Å². The van der Waals surface area contributed by atoms with Crippen LogP contribution in [0.25, 0.3) is 0 Å². The third-order valence-electron chi connectivity index (χ3n) is 14.9. The molecule has 0 aliphatic carbocycles. The van der Waals surface area contributed by atoms with Gasteiger partial charge < -0.3 is 19.4 Å². The van der Waals surface area contributed by atoms with Crippen LogP contribution in [0.1, 0.15) is 310 Å². The average molecular weight is 1140 g/mol. The van der Waals surface area contributed by atoms with Crippen molar-refractivity contribution in [3.8, 4) is 0 Å². The van der Waals surface area contributed by atoms with Gasteiger partial charge in [-0.2, -0.15) is 0 Å². The number of phosphoric ester groups is 1. The Morgan fingerprint density at radius 1 is 0.438 bits per heavy atom. The van der Waals surface area contributed by atoms with Crippen LogP contribution in [0.4, 0.5) is 0 Å². The minimum absolute atomic E-state index is 0.0377. The molecule has 0 aromatic heterocycles. The maximum atomic E-state index is 13.6. The lowest BCUT2D eigenvalue weighted by Gasteiger charge is -2.27. The summed E-state index contributed by atoms with van der Waals surface area (Å²) >= 11 is 0. The number of rotatable bonds is 61. The molecular formula is C70H130N2O7P+. The fourth-order valence-corrected chi connectivity index (χ4v) is 10.4. The Morgan fingerprint density at radius 2 is 0.762 bits per heavy atom. The summed E-state index contributed by atoms with van der Waals surface area (Å²) in [6.45, 7) is 6.99. The minimum atomic E-state index is -4.45. The lowest BCUT2D eigenvalue weighted by atomic mass is 10.0. The minimum Gasteiger partial charge on any atom is -0.456 e. The Kier molecular flexibility index (Phi) is 57.7. The van der Waals surface area contributed by atoms with Gasteiger partial charge in [0, 0.05) is 12.8 Å². The van der Waals surface area contributed by atoms with E-state index in [2.05, 4.69) is 86.8 Å². The summed E-state index contributed by atoms with van der Waals surface area (Å²) in [7, 11) is 1.49. The van der Waals surface area contributed by atoms with E-state index in [0.29, 0.717) is 17.4 Å². The smallest absolute Gasteiger partial charge is 0.456 e. The number of hydrogen-bond donors (Lipinski definition) is 2. The summed E-state index contributed by atoms with van der Waals surface area (Å²) in [5.74, 6) is -0.508. The zero-order valence-electron chi connectivity index (χ0n) is 53.3. The number of phosphoric acid groups is 1. The molecule has 0 saturated heterocycles. The van der Waals surface area contributed by atoms with Crippen LogP contribution in [0.15, 0.2) is 72.9 Å². The van der Waals surface area contributed by atoms with Crippen molar-refractivity contribution in [1.82, 2.24) is 5.32 Å². The van der Waals surface area contributed by atoms with Crippen molar-refractivity contribution in [3.63, 3.8) is 0 Å². The SMILES string of the molecule is CCCCC/C=C\C/C=C\C/C=C\C/C=C\CCCCCCCCCCCCCC(=O)OC(/C=C\CCCCCCCCCCCC)C(COP(=O)(O)OCC[N+](C)(C)C)NC(=O)CCCCCCCCC/C=C\CCCCCC. The molecule has 3 atom stereocenters. The normalized spacial score (nSPS) is 14.0. The summed E-state index contributed by atoms with van der Waals surface area (Å²) in [6.07, 6.45) is 77.6. The molecule has 2 N–H and O–H groups in total. The van der Waals surface area contributed by atoms with Crippen LogP contribution >= 0.6 is 7.82 Å². The lowest BCUT2D eigenvalue weighted by Crippen LogP contribution is -2.47. The molecule has 0 aromatic carbocycles. The number of carbonyl (C=O) groups is 2. The van der Waals surface area contributed by atoms with Crippen LogP contribution in [0.5, 0.6) is 0 Å². The third kappa shape index (κ3) is 60.1. The number of allylic oxidation sites excluding steroid dienone is 11. The maximum Gasteiger partial charge on any atom is 0.472 e. The van der Waals surface area contributed by atoms with Crippen LogP contribution in [-0.4, -0.2) is 74.3 Å². The number of hydrogen-bond acceptors (Lipinski definition) is 6. The zero-order chi connectivity index (χ0) is 58.6. The first-order chi connectivity index (χ1) is 38.9. The second kappa shape index (κ2) is 59.6. The number of likely N-dealkylation sites (N-methyl/N-ethyl adjacent to an activating group) is 1. The van der Waals surface area contributed by atoms with Gasteiger partial charge in [0.05, 0.1) is 33.8 Å². The Balaban J connectivity index is 5.07. The number of esters is 1. The van der Waals surface area contributed by atoms with E-state index in [9.17, 15) is 19.0 Å². The molecule has 80 heavy (non-hydrogen) atoms. The standard InChI is InChI=1S/C70H129N2O7P/c1-7-10-13-16-19-22-25-28-30-31-32-33-34-35-36-37-38-39-40-41-43-45-48-51-54-57-60-63-70(74)79-68(61-58-55-52-49-46-27-24-21-18-15-12-9-3)67(66-78-80(75,76)77-65-64-72(4,5)6)71-69(73)62-59-56-53-50-47-44-42-29-26-23-20-17-14-11-8-2/h19,22-23,26,28,30,32-33,35-36,58,61,67-68H,7-18,20-21,24-25,27,29,31,34,37-57,59-60,62-66H2,1-6H3,(H-,71,73,75,76)/p+1/b22-19-,26-23-,30-28-,33-32-,36-35-,61-58-. The molecule has 0 aliphatic rings. The molecule has 9 nitrogen and oxygen atoms in total. The molecular weight excluding hydrogens is 1010 g/mol. The van der Waals surface area contributed by atoms with Crippen LogP contribution in [0, 0.1) is 0 Å². The highest BCUT2D eigenvalue weighted by molar-refractivity contribution is 7.47. The quantitative estimate of drug-likeness (QED) is 0.0205. The first kappa shape index (κ1) is 77.5. The predicted molar refractivity (Wildman–Crippen MR) is 346 cm³/mol. The molecule has 0 spiro atoms. The number of quaternary nitrogens is 1. The molecule has 466 valence electrons. The summed E-state index contributed by atoms with van der Waals surface area (Å²) in [6, 6.07) is -0.853. The summed E-state index contributed by atoms with van der Waals surface area (Å²) in [5, 5.41) is 3.06. The second-order valence-corrected chi connectivity index (χ2v) is 25.4. The van der Waals surface area contributed by atoms with Gasteiger partial charge in [-0.3, -0.25) is 18.6 Å². The van der Waals surface area contributed by atoms with E-state index in [0.717, 1.165) is 89.9 Å². The highest BCUT2D eigenvalue weighted by Gasteiger charge is 2.30. The fraction of sp³-hybridized carbons (Fsp3) is 0.800. The molecule has 0 heterocycles. The van der Waals surface area contributed by atoms with E-state index in [4.69, 9.17) is 13.8 Å². The summed E-state index contributed by atoms with van der Waals surface area (Å²) < 4.78 is 30.8. The van der Waals surface area contributed by atoms with Gasteiger partial charge in [-0.25, -0.2) is 4.57 Å². The first-order valence-electron chi connectivity index (χ1n) is 33.8. The van der Waals surface area contributed by atoms with Crippen molar-refractivity contribution in [2.45, 2.75) is 322 Å². The molecule has 1 amide bonds. The van der Waals surface area contributed by atoms with Gasteiger partial charge >= 0.3 is 13.8 Å². The lowest BCUT2D eigenvalue weighted by molar-refractivity contribution is -0.870. The predicted octanol–water partition coefficient (Wildman–Crippen LogP) is 21.2. The number of carbonyl (C=O) groups excluding carboxylic acids is 2. The van der Waals surface area contributed by atoms with Crippen LogP contribution in [0.2, 0.25) is 0 Å². The third-order valence-corrected chi connectivity index (χ3v) is 15.9. The van der Waals surface area contributed by atoms with E-state index < -0.39 is 20.0 Å². The van der Waals surface area contributed by atoms with Crippen molar-refractivity contribution in [2.24, 2.45) is 0 Å². The maximum absolute atomic E-state index is 13.6. The number of nitrogens with zero attached hydrogens (tertiary/aromatic N) is 1. The van der Waals surface area contributed by atoms with Gasteiger partial charge in [-0.1, -0.05) is 267 Å². The average Bonchev–Trinajstić information content (AvgIpc) is 3.43. The van der Waals surface area contributed by atoms with Crippen molar-refractivity contribution in [2.75, 3.05) is 40.9 Å². The first-order valence-corrected chi connectivity index (χ1v) is 35.3. The Morgan fingerprint density at radius 3 is 1.19 bits per heavy atom. The highest BCUT2D eigenvalue weighted by atomic mass is 31.2. The number of amides is 1. The fourth-order valence-electron chi connectivity index (χ4n) is 9.63. The van der Waals surface area contributed by atoms with Gasteiger partial charge in [0.2, 0.25) is 5.91 Å². The largest absolute Gasteiger partial charge is 0.472 e. The van der Waals surface area contributed by atoms with Crippen molar-refractivity contribution in [3.05, 3.63) is 72.9 Å². The van der Waals surface area contributed by atoms with Gasteiger partial charge in [0.15, 0.2) is 0 Å². The topological polar surface area (TPSA) is 111 Å². The highest BCUT2D eigenvalue weighted by Crippen LogP contribution is 2.43. The zero-order valence-corrected chi connectivity index (χ0v) is 54.2. The second-order valence-electron chi connectivity index (χ2n) is 24.0. The van der Waals surface area contributed by atoms with E-state index in [-0.39, 0.29) is 31.5 Å². The van der Waals surface area contributed by atoms with Crippen molar-refractivity contribution >= 4 is 19.7 Å². The van der Waals surface area contributed by atoms with Crippen LogP contribution < -0.4 is 5.32 Å². The van der Waals surface area contributed by atoms with Gasteiger partial charge in [0.1, 0.15) is 19.3 Å². The molecule has 0 fully saturated rings. The summed E-state index contributed by atoms with van der Waals surface area (Å²) in [4.78, 5) is 37.8. The van der Waals surface area contributed by atoms with E-state index in [1.54, 1.807) is 0 Å². The van der Waals surface area contributed by atoms with Crippen molar-refractivity contribution < 1.29 is 37.3 Å². The van der Waals surface area contributed by atoms with Crippen LogP contribution in [-0.2, 0) is 27.9 Å². The number of unbranched alkanes of at least 4 members (excludes halogenated alkanes) is 35. The number of nitrogens with one attached hydrogen (secondary N) is 1. The molecule has 0 aromatic rings. The molecule has 10 heteroatoms. The van der Waals surface area contributed by atoms with E-state index in [1.807, 2.05) is 33.3 Å². The monoisotopic (exact) mass is 1140 g/mol. The van der Waals surface area contributed by atoms with E-state index in [1.165, 1.54) is 186 Å². The van der Waals surface area contributed by atoms with Gasteiger partial charge in [0.25, 0.3) is 0 Å². The van der Waals surface area contributed by atoms with Crippen molar-refractivity contribution in [1.29, 1.82) is 0 Å². The molecule has 0 aliphatic heterocycles. The summed E-state index contributed by atoms with van der Waals surface area (Å²) in [5.41, 5.74) is 0. The Bertz CT molecular complexity index is 1600. The molecule has 0 radical (unpaired) electrons. The van der Waals surface area contributed by atoms with Gasteiger partial charge in [-0.05, 0) is 102 Å². The molecule has 0 saturated carbocycles.